The molecule has 2 aromatic rings. The molecule has 1 unspecified atom stereocenters. The third-order valence-corrected chi connectivity index (χ3v) is 7.70. The number of nitrogens with zero attached hydrogens (tertiary/aromatic N) is 2. The van der Waals surface area contributed by atoms with E-state index in [9.17, 15) is 23.3 Å². The van der Waals surface area contributed by atoms with Crippen LogP contribution in [0, 0.1) is 10.1 Å². The minimum Gasteiger partial charge on any atom is -0.341 e. The second-order valence-corrected chi connectivity index (χ2v) is 9.42. The summed E-state index contributed by atoms with van der Waals surface area (Å²) in [4.78, 5) is 25.1. The number of nitro groups is 1. The molecule has 7 nitrogen and oxygen atoms in total. The van der Waals surface area contributed by atoms with Crippen LogP contribution in [-0.4, -0.2) is 43.0 Å². The van der Waals surface area contributed by atoms with Crippen molar-refractivity contribution < 1.29 is 18.1 Å². The third kappa shape index (κ3) is 4.10. The van der Waals surface area contributed by atoms with Crippen LogP contribution in [0.15, 0.2) is 41.8 Å². The van der Waals surface area contributed by atoms with E-state index < -0.39 is 20.0 Å². The Balaban J connectivity index is 1.68. The van der Waals surface area contributed by atoms with E-state index in [1.807, 2.05) is 17.5 Å². The number of nitro benzene ring substituents is 1. The molecule has 138 valence electrons. The number of non-ortho nitro benzene ring substituents is 1. The van der Waals surface area contributed by atoms with Crippen molar-refractivity contribution in [2.24, 2.45) is 0 Å². The smallest absolute Gasteiger partial charge is 0.269 e. The molecule has 26 heavy (non-hydrogen) atoms. The number of carbonyl (C=O) groups excluding carboxylic acids is 1. The zero-order chi connectivity index (χ0) is 18.7. The molecule has 0 spiro atoms. The number of hydrogen-bond donors (Lipinski definition) is 0. The summed E-state index contributed by atoms with van der Waals surface area (Å²) in [6.45, 7) is 0.559. The van der Waals surface area contributed by atoms with Crippen LogP contribution in [0.25, 0.3) is 0 Å². The summed E-state index contributed by atoms with van der Waals surface area (Å²) >= 11 is 1.42. The zero-order valence-corrected chi connectivity index (χ0v) is 15.5. The van der Waals surface area contributed by atoms with Crippen molar-refractivity contribution in [2.45, 2.75) is 18.1 Å². The molecule has 3 rings (SSSR count). The summed E-state index contributed by atoms with van der Waals surface area (Å²) in [6.07, 6.45) is 0.483. The van der Waals surface area contributed by atoms with Gasteiger partial charge in [0, 0.05) is 30.1 Å². The molecular formula is C17H18N2O5S2. The Kier molecular flexibility index (Phi) is 5.38. The fourth-order valence-electron chi connectivity index (χ4n) is 3.01. The van der Waals surface area contributed by atoms with Crippen LogP contribution in [-0.2, 0) is 21.1 Å². The monoisotopic (exact) mass is 394 g/mol. The zero-order valence-electron chi connectivity index (χ0n) is 13.9. The molecule has 1 atom stereocenters. The van der Waals surface area contributed by atoms with Crippen molar-refractivity contribution in [1.82, 2.24) is 4.90 Å². The van der Waals surface area contributed by atoms with Crippen LogP contribution in [0.5, 0.6) is 0 Å². The molecule has 1 aliphatic heterocycles. The lowest BCUT2D eigenvalue weighted by Crippen LogP contribution is -2.34. The summed E-state index contributed by atoms with van der Waals surface area (Å²) in [5.74, 6) is -0.220. The molecular weight excluding hydrogens is 376 g/mol. The predicted octanol–water partition coefficient (Wildman–Crippen LogP) is 2.59. The van der Waals surface area contributed by atoms with Crippen LogP contribution in [0.1, 0.15) is 22.1 Å². The number of hydrogen-bond acceptors (Lipinski definition) is 6. The van der Waals surface area contributed by atoms with Crippen molar-refractivity contribution in [3.63, 3.8) is 0 Å². The average Bonchev–Trinajstić information content (AvgIpc) is 3.06. The van der Waals surface area contributed by atoms with Gasteiger partial charge in [-0.1, -0.05) is 18.2 Å². The van der Waals surface area contributed by atoms with E-state index in [4.69, 9.17) is 0 Å². The van der Waals surface area contributed by atoms with E-state index in [1.165, 1.54) is 23.5 Å². The standard InChI is InChI=1S/C17H18N2O5S2/c20-17(12-13-3-5-14(6-4-13)19(21)22)18-8-7-16(15-2-1-10-25-15)26(23,24)11-9-18/h1-6,10,16H,7-9,11-12H2. The number of sulfone groups is 1. The van der Waals surface area contributed by atoms with Gasteiger partial charge in [-0.3, -0.25) is 14.9 Å². The first-order valence-corrected chi connectivity index (χ1v) is 10.7. The highest BCUT2D eigenvalue weighted by Gasteiger charge is 2.33. The van der Waals surface area contributed by atoms with Crippen molar-refractivity contribution in [3.05, 3.63) is 62.3 Å². The Labute approximate surface area is 155 Å². The molecule has 0 aliphatic carbocycles. The Hall–Kier alpha value is -2.26. The summed E-state index contributed by atoms with van der Waals surface area (Å²) in [5.41, 5.74) is 0.642. The van der Waals surface area contributed by atoms with Crippen LogP contribution in [0.2, 0.25) is 0 Å². The van der Waals surface area contributed by atoms with Gasteiger partial charge in [-0.15, -0.1) is 11.3 Å². The van der Waals surface area contributed by atoms with E-state index in [0.29, 0.717) is 18.5 Å². The van der Waals surface area contributed by atoms with Gasteiger partial charge in [-0.25, -0.2) is 8.42 Å². The lowest BCUT2D eigenvalue weighted by Gasteiger charge is -2.20. The van der Waals surface area contributed by atoms with Gasteiger partial charge >= 0.3 is 0 Å². The molecule has 2 heterocycles. The van der Waals surface area contributed by atoms with E-state index in [1.54, 1.807) is 17.0 Å². The largest absolute Gasteiger partial charge is 0.341 e. The fraction of sp³-hybridized carbons (Fsp3) is 0.353. The molecule has 0 bridgehead atoms. The third-order valence-electron chi connectivity index (χ3n) is 4.46. The number of rotatable bonds is 4. The van der Waals surface area contributed by atoms with E-state index in [0.717, 1.165) is 4.88 Å². The highest BCUT2D eigenvalue weighted by atomic mass is 32.2. The normalized spacial score (nSPS) is 19.7. The van der Waals surface area contributed by atoms with Crippen molar-refractivity contribution in [3.8, 4) is 0 Å². The number of amides is 1. The molecule has 1 saturated heterocycles. The van der Waals surface area contributed by atoms with Gasteiger partial charge in [-0.05, 0) is 23.4 Å². The molecule has 1 amide bonds. The van der Waals surface area contributed by atoms with Gasteiger partial charge in [0.1, 0.15) is 0 Å². The van der Waals surface area contributed by atoms with Crippen LogP contribution in [0.4, 0.5) is 5.69 Å². The molecule has 0 saturated carbocycles. The van der Waals surface area contributed by atoms with Gasteiger partial charge < -0.3 is 4.90 Å². The maximum Gasteiger partial charge on any atom is 0.269 e. The van der Waals surface area contributed by atoms with E-state index in [2.05, 4.69) is 0 Å². The number of thiophene rings is 1. The minimum absolute atomic E-state index is 0.0270. The molecule has 0 N–H and O–H groups in total. The Morgan fingerprint density at radius 2 is 1.96 bits per heavy atom. The second kappa shape index (κ2) is 7.55. The Bertz CT molecular complexity index is 892. The van der Waals surface area contributed by atoms with Gasteiger partial charge in [0.15, 0.2) is 9.84 Å². The van der Waals surface area contributed by atoms with Crippen LogP contribution in [0.3, 0.4) is 0 Å². The van der Waals surface area contributed by atoms with Gasteiger partial charge in [-0.2, -0.15) is 0 Å². The highest BCUT2D eigenvalue weighted by molar-refractivity contribution is 7.91. The quantitative estimate of drug-likeness (QED) is 0.586. The van der Waals surface area contributed by atoms with Gasteiger partial charge in [0.05, 0.1) is 22.3 Å². The summed E-state index contributed by atoms with van der Waals surface area (Å²) in [6, 6.07) is 9.49. The SMILES string of the molecule is O=C(Cc1ccc([N+](=O)[O-])cc1)N1CCC(c2cccs2)S(=O)(=O)CC1. The van der Waals surface area contributed by atoms with E-state index in [-0.39, 0.29) is 30.3 Å². The fourth-order valence-corrected chi connectivity index (χ4v) is 6.01. The van der Waals surface area contributed by atoms with E-state index >= 15 is 0 Å². The summed E-state index contributed by atoms with van der Waals surface area (Å²) < 4.78 is 25.1. The van der Waals surface area contributed by atoms with Crippen LogP contribution < -0.4 is 0 Å². The lowest BCUT2D eigenvalue weighted by molar-refractivity contribution is -0.384. The second-order valence-electron chi connectivity index (χ2n) is 6.14. The maximum atomic E-state index is 12.5. The highest BCUT2D eigenvalue weighted by Crippen LogP contribution is 2.32. The molecule has 1 aliphatic rings. The number of benzene rings is 1. The first-order chi connectivity index (χ1) is 12.4. The Morgan fingerprint density at radius 1 is 1.23 bits per heavy atom. The molecule has 9 heteroatoms. The van der Waals surface area contributed by atoms with Crippen molar-refractivity contribution >= 4 is 32.8 Å². The van der Waals surface area contributed by atoms with Crippen molar-refractivity contribution in [2.75, 3.05) is 18.8 Å². The molecule has 1 aromatic carbocycles. The molecule has 1 aromatic heterocycles. The average molecular weight is 394 g/mol. The lowest BCUT2D eigenvalue weighted by atomic mass is 10.1. The van der Waals surface area contributed by atoms with Gasteiger partial charge in [0.2, 0.25) is 5.91 Å². The first-order valence-electron chi connectivity index (χ1n) is 8.13. The predicted molar refractivity (Wildman–Crippen MR) is 98.8 cm³/mol. The summed E-state index contributed by atoms with van der Waals surface area (Å²) in [7, 11) is -3.30. The summed E-state index contributed by atoms with van der Waals surface area (Å²) in [5, 5.41) is 12.0. The van der Waals surface area contributed by atoms with Crippen molar-refractivity contribution in [1.29, 1.82) is 0 Å². The maximum absolute atomic E-state index is 12.5. The van der Waals surface area contributed by atoms with Crippen LogP contribution >= 0.6 is 11.3 Å². The number of carbonyl (C=O) groups is 1. The first kappa shape index (κ1) is 18.5. The molecule has 0 radical (unpaired) electrons. The Morgan fingerprint density at radius 3 is 2.58 bits per heavy atom. The molecule has 1 fully saturated rings. The topological polar surface area (TPSA) is 97.6 Å². The van der Waals surface area contributed by atoms with Gasteiger partial charge in [0.25, 0.3) is 5.69 Å². The minimum atomic E-state index is -3.30.